The molecule has 0 radical (unpaired) electrons. The molecular formula is C18H26N4O3. The van der Waals surface area contributed by atoms with Gasteiger partial charge in [0.1, 0.15) is 5.82 Å². The Kier molecular flexibility index (Phi) is 6.22. The second-order valence-corrected chi connectivity index (χ2v) is 6.45. The van der Waals surface area contributed by atoms with Gasteiger partial charge in [-0.1, -0.05) is 6.07 Å². The second-order valence-electron chi connectivity index (χ2n) is 6.45. The van der Waals surface area contributed by atoms with E-state index in [0.717, 1.165) is 38.2 Å². The summed E-state index contributed by atoms with van der Waals surface area (Å²) in [7, 11) is 0. The lowest BCUT2D eigenvalue weighted by Crippen LogP contribution is -2.49. The van der Waals surface area contributed by atoms with Crippen LogP contribution in [0.4, 0.5) is 5.82 Å². The van der Waals surface area contributed by atoms with Gasteiger partial charge in [-0.05, 0) is 31.4 Å². The lowest BCUT2D eigenvalue weighted by Gasteiger charge is -2.35. The van der Waals surface area contributed by atoms with Crippen LogP contribution in [0, 0.1) is 0 Å². The number of piperazine rings is 1. The van der Waals surface area contributed by atoms with Crippen LogP contribution in [0.3, 0.4) is 0 Å². The first-order valence-corrected chi connectivity index (χ1v) is 9.11. The summed E-state index contributed by atoms with van der Waals surface area (Å²) in [4.78, 5) is 38.4. The molecular weight excluding hydrogens is 320 g/mol. The first-order chi connectivity index (χ1) is 12.2. The van der Waals surface area contributed by atoms with Crippen LogP contribution in [0.2, 0.25) is 0 Å². The summed E-state index contributed by atoms with van der Waals surface area (Å²) in [6.45, 7) is 4.11. The number of hydrogen-bond donors (Lipinski definition) is 0. The van der Waals surface area contributed by atoms with Gasteiger partial charge in [-0.25, -0.2) is 10.0 Å². The summed E-state index contributed by atoms with van der Waals surface area (Å²) in [5.41, 5.74) is 0. The third-order valence-corrected chi connectivity index (χ3v) is 4.69. The van der Waals surface area contributed by atoms with Crippen LogP contribution in [-0.4, -0.2) is 66.1 Å². The molecule has 0 spiro atoms. The van der Waals surface area contributed by atoms with Gasteiger partial charge in [-0.2, -0.15) is 0 Å². The monoisotopic (exact) mass is 346 g/mol. The van der Waals surface area contributed by atoms with E-state index in [-0.39, 0.29) is 24.7 Å². The molecule has 0 bridgehead atoms. The molecule has 3 rings (SSSR count). The molecule has 136 valence electrons. The van der Waals surface area contributed by atoms with E-state index in [1.165, 1.54) is 5.06 Å². The Morgan fingerprint density at radius 3 is 2.52 bits per heavy atom. The molecule has 0 unspecified atom stereocenters. The summed E-state index contributed by atoms with van der Waals surface area (Å²) >= 11 is 0. The van der Waals surface area contributed by atoms with Crippen LogP contribution >= 0.6 is 0 Å². The number of amides is 2. The Morgan fingerprint density at radius 2 is 1.76 bits per heavy atom. The summed E-state index contributed by atoms with van der Waals surface area (Å²) in [5.74, 6) is 0.911. The van der Waals surface area contributed by atoms with E-state index >= 15 is 0 Å². The SMILES string of the molecule is O=C(CCC(=O)N1CCCCCO1)N1CCN(c2ccccn2)CC1. The highest BCUT2D eigenvalue weighted by Gasteiger charge is 2.23. The van der Waals surface area contributed by atoms with Crippen molar-refractivity contribution in [2.75, 3.05) is 44.2 Å². The lowest BCUT2D eigenvalue weighted by molar-refractivity contribution is -0.184. The molecule has 2 aliphatic heterocycles. The maximum atomic E-state index is 12.4. The first kappa shape index (κ1) is 17.7. The van der Waals surface area contributed by atoms with E-state index in [0.29, 0.717) is 26.2 Å². The maximum absolute atomic E-state index is 12.4. The van der Waals surface area contributed by atoms with Crippen molar-refractivity contribution in [3.05, 3.63) is 24.4 Å². The van der Waals surface area contributed by atoms with Gasteiger partial charge in [0.2, 0.25) is 11.8 Å². The fourth-order valence-electron chi connectivity index (χ4n) is 3.19. The van der Waals surface area contributed by atoms with Crippen LogP contribution in [-0.2, 0) is 14.4 Å². The van der Waals surface area contributed by atoms with E-state index in [2.05, 4.69) is 9.88 Å². The third kappa shape index (κ3) is 4.92. The summed E-state index contributed by atoms with van der Waals surface area (Å²) in [6.07, 6.45) is 5.30. The Morgan fingerprint density at radius 1 is 0.960 bits per heavy atom. The number of nitrogens with zero attached hydrogens (tertiary/aromatic N) is 4. The second kappa shape index (κ2) is 8.80. The van der Waals surface area contributed by atoms with E-state index in [1.807, 2.05) is 23.1 Å². The number of hydrogen-bond acceptors (Lipinski definition) is 5. The number of hydroxylamine groups is 2. The average Bonchev–Trinajstić information content (AvgIpc) is 2.96. The zero-order chi connectivity index (χ0) is 17.5. The normalized spacial score (nSPS) is 18.8. The number of carbonyl (C=O) groups is 2. The number of carbonyl (C=O) groups excluding carboxylic acids is 2. The standard InChI is InChI=1S/C18H26N4O3/c23-17(7-8-18(24)22-10-4-1-5-15-25-22)21-13-11-20(12-14-21)16-6-2-3-9-19-16/h2-3,6,9H,1,4-5,7-8,10-15H2. The molecule has 2 amide bonds. The topological polar surface area (TPSA) is 66.0 Å². The highest BCUT2D eigenvalue weighted by molar-refractivity contribution is 5.83. The van der Waals surface area contributed by atoms with Crippen molar-refractivity contribution in [2.24, 2.45) is 0 Å². The fourth-order valence-corrected chi connectivity index (χ4v) is 3.19. The molecule has 1 aromatic heterocycles. The summed E-state index contributed by atoms with van der Waals surface area (Å²) < 4.78 is 0. The third-order valence-electron chi connectivity index (χ3n) is 4.69. The molecule has 0 atom stereocenters. The van der Waals surface area contributed by atoms with Crippen LogP contribution < -0.4 is 4.90 Å². The van der Waals surface area contributed by atoms with Crippen LogP contribution in [0.5, 0.6) is 0 Å². The highest BCUT2D eigenvalue weighted by Crippen LogP contribution is 2.14. The minimum absolute atomic E-state index is 0.0452. The van der Waals surface area contributed by atoms with E-state index in [9.17, 15) is 9.59 Å². The Labute approximate surface area is 148 Å². The van der Waals surface area contributed by atoms with Crippen LogP contribution in [0.1, 0.15) is 32.1 Å². The number of aromatic nitrogens is 1. The van der Waals surface area contributed by atoms with Crippen molar-refractivity contribution >= 4 is 17.6 Å². The van der Waals surface area contributed by atoms with Gasteiger partial charge < -0.3 is 9.80 Å². The van der Waals surface area contributed by atoms with E-state index in [4.69, 9.17) is 4.84 Å². The molecule has 0 aromatic carbocycles. The van der Waals surface area contributed by atoms with Crippen molar-refractivity contribution in [3.63, 3.8) is 0 Å². The quantitative estimate of drug-likeness (QED) is 0.826. The summed E-state index contributed by atoms with van der Waals surface area (Å²) in [6, 6.07) is 5.85. The van der Waals surface area contributed by atoms with Gasteiger partial charge in [0.05, 0.1) is 6.61 Å². The minimum Gasteiger partial charge on any atom is -0.353 e. The van der Waals surface area contributed by atoms with Gasteiger partial charge >= 0.3 is 0 Å². The van der Waals surface area contributed by atoms with Crippen LogP contribution in [0.15, 0.2) is 24.4 Å². The van der Waals surface area contributed by atoms with Crippen molar-refractivity contribution < 1.29 is 14.4 Å². The molecule has 3 heterocycles. The Bertz CT molecular complexity index is 565. The van der Waals surface area contributed by atoms with Crippen molar-refractivity contribution in [3.8, 4) is 0 Å². The number of pyridine rings is 1. The van der Waals surface area contributed by atoms with Gasteiger partial charge in [-0.3, -0.25) is 14.4 Å². The number of rotatable bonds is 4. The molecule has 2 fully saturated rings. The first-order valence-electron chi connectivity index (χ1n) is 9.11. The molecule has 2 aliphatic rings. The Balaban J connectivity index is 1.41. The van der Waals surface area contributed by atoms with E-state index < -0.39 is 0 Å². The predicted molar refractivity (Wildman–Crippen MR) is 93.8 cm³/mol. The molecule has 25 heavy (non-hydrogen) atoms. The number of anilines is 1. The highest BCUT2D eigenvalue weighted by atomic mass is 16.7. The van der Waals surface area contributed by atoms with Crippen molar-refractivity contribution in [1.82, 2.24) is 14.9 Å². The molecule has 7 nitrogen and oxygen atoms in total. The molecule has 2 saturated heterocycles. The van der Waals surface area contributed by atoms with E-state index in [1.54, 1.807) is 6.20 Å². The molecule has 0 N–H and O–H groups in total. The van der Waals surface area contributed by atoms with Gasteiger partial charge in [0.15, 0.2) is 0 Å². The lowest BCUT2D eigenvalue weighted by atomic mass is 10.2. The largest absolute Gasteiger partial charge is 0.353 e. The molecule has 0 saturated carbocycles. The van der Waals surface area contributed by atoms with Crippen LogP contribution in [0.25, 0.3) is 0 Å². The average molecular weight is 346 g/mol. The minimum atomic E-state index is -0.0811. The predicted octanol–water partition coefficient (Wildman–Crippen LogP) is 1.45. The Hall–Kier alpha value is -2.15. The zero-order valence-corrected chi connectivity index (χ0v) is 14.6. The van der Waals surface area contributed by atoms with Crippen molar-refractivity contribution in [1.29, 1.82) is 0 Å². The fraction of sp³-hybridized carbons (Fsp3) is 0.611. The molecule has 1 aromatic rings. The van der Waals surface area contributed by atoms with Crippen molar-refractivity contribution in [2.45, 2.75) is 32.1 Å². The van der Waals surface area contributed by atoms with Gasteiger partial charge in [0, 0.05) is 51.8 Å². The van der Waals surface area contributed by atoms with Gasteiger partial charge in [-0.15, -0.1) is 0 Å². The smallest absolute Gasteiger partial charge is 0.246 e. The summed E-state index contributed by atoms with van der Waals surface area (Å²) in [5, 5.41) is 1.44. The molecule has 0 aliphatic carbocycles. The maximum Gasteiger partial charge on any atom is 0.246 e. The molecule has 7 heteroatoms. The van der Waals surface area contributed by atoms with Gasteiger partial charge in [0.25, 0.3) is 0 Å². The zero-order valence-electron chi connectivity index (χ0n) is 14.6.